The van der Waals surface area contributed by atoms with Crippen LogP contribution in [0.5, 0.6) is 0 Å². The molecular formula is C27H31F2N9O4. The van der Waals surface area contributed by atoms with Crippen molar-refractivity contribution in [2.45, 2.75) is 69.5 Å². The molecule has 2 N–H and O–H groups in total. The van der Waals surface area contributed by atoms with Crippen LogP contribution < -0.4 is 10.6 Å². The number of nitrogens with zero attached hydrogens (tertiary/aromatic N) is 7. The van der Waals surface area contributed by atoms with E-state index in [2.05, 4.69) is 36.7 Å². The van der Waals surface area contributed by atoms with E-state index >= 15 is 0 Å². The van der Waals surface area contributed by atoms with E-state index in [0.29, 0.717) is 29.1 Å². The number of hydrogen-bond acceptors (Lipinski definition) is 9. The van der Waals surface area contributed by atoms with Crippen molar-refractivity contribution in [2.75, 3.05) is 20.3 Å². The molecule has 15 heteroatoms. The van der Waals surface area contributed by atoms with Gasteiger partial charge in [0.25, 0.3) is 5.91 Å². The van der Waals surface area contributed by atoms with E-state index in [-0.39, 0.29) is 56.0 Å². The van der Waals surface area contributed by atoms with Crippen molar-refractivity contribution in [1.29, 1.82) is 5.26 Å². The van der Waals surface area contributed by atoms with Gasteiger partial charge in [-0.2, -0.15) is 10.4 Å². The van der Waals surface area contributed by atoms with Crippen molar-refractivity contribution in [3.8, 4) is 6.07 Å². The molecule has 6 rings (SSSR count). The molecule has 42 heavy (non-hydrogen) atoms. The Hall–Kier alpha value is -4.19. The minimum Gasteiger partial charge on any atom is -0.382 e. The molecule has 4 heterocycles. The Labute approximate surface area is 239 Å². The maximum Gasteiger partial charge on any atom is 0.318 e. The van der Waals surface area contributed by atoms with E-state index in [1.165, 1.54) is 0 Å². The SMILES string of the molecule is COC[C@H](c1cnn2cc([C@@H](NC(=O)c3nonc3C)C3CCC(F)(F)CC3)nc2c1)N1C[C@@H](C2(C#N)CC2)NC1=O. The number of carbonyl (C=O) groups excluding carboxylic acids is 2. The number of aromatic nitrogens is 5. The maximum absolute atomic E-state index is 14.0. The second-order valence-corrected chi connectivity index (χ2v) is 11.5. The summed E-state index contributed by atoms with van der Waals surface area (Å²) in [6.45, 7) is 2.15. The van der Waals surface area contributed by atoms with Crippen LogP contribution in [0.15, 0.2) is 23.1 Å². The van der Waals surface area contributed by atoms with Crippen LogP contribution in [0.25, 0.3) is 5.65 Å². The van der Waals surface area contributed by atoms with Crippen molar-refractivity contribution in [3.63, 3.8) is 0 Å². The van der Waals surface area contributed by atoms with Crippen LogP contribution in [-0.2, 0) is 4.74 Å². The van der Waals surface area contributed by atoms with Gasteiger partial charge in [-0.05, 0) is 49.7 Å². The first-order chi connectivity index (χ1) is 20.1. The molecule has 3 fully saturated rings. The van der Waals surface area contributed by atoms with Crippen molar-refractivity contribution >= 4 is 17.6 Å². The number of rotatable bonds is 9. The lowest BCUT2D eigenvalue weighted by Gasteiger charge is -2.33. The number of amides is 3. The zero-order valence-corrected chi connectivity index (χ0v) is 23.2. The second-order valence-electron chi connectivity index (χ2n) is 11.5. The number of imidazole rings is 1. The number of fused-ring (bicyclic) bond motifs is 1. The Morgan fingerprint density at radius 3 is 2.71 bits per heavy atom. The zero-order valence-electron chi connectivity index (χ0n) is 23.2. The second kappa shape index (κ2) is 10.6. The molecule has 3 atom stereocenters. The Kier molecular flexibility index (Phi) is 7.04. The standard InChI is InChI=1S/C27H31F2N9O4/c1-15-22(36-42-35-15)24(39)34-23(16-3-5-27(28,29)6-4-16)18-11-38-21(32-18)9-17(10-31-38)19(13-41-2)37-12-20(33-25(37)40)26(14-30)7-8-26/h9-11,16,19-20,23H,3-8,12-13H2,1-2H3,(H,33,40)(H,34,39)/t19-,20+,23+/m1/s1. The van der Waals surface area contributed by atoms with Gasteiger partial charge in [-0.15, -0.1) is 0 Å². The van der Waals surface area contributed by atoms with Crippen LogP contribution >= 0.6 is 0 Å². The quantitative estimate of drug-likeness (QED) is 0.385. The van der Waals surface area contributed by atoms with Gasteiger partial charge in [0.1, 0.15) is 5.69 Å². The van der Waals surface area contributed by atoms with Crippen LogP contribution in [-0.4, -0.2) is 74.0 Å². The highest BCUT2D eigenvalue weighted by Gasteiger charge is 2.54. The molecule has 222 valence electrons. The van der Waals surface area contributed by atoms with Gasteiger partial charge in [-0.3, -0.25) is 4.79 Å². The molecule has 0 unspecified atom stereocenters. The zero-order chi connectivity index (χ0) is 29.6. The number of hydrogen-bond donors (Lipinski definition) is 2. The molecule has 0 aromatic carbocycles. The van der Waals surface area contributed by atoms with Gasteiger partial charge in [0.15, 0.2) is 11.3 Å². The molecule has 0 bridgehead atoms. The summed E-state index contributed by atoms with van der Waals surface area (Å²) in [5, 5.41) is 27.3. The highest BCUT2D eigenvalue weighted by atomic mass is 19.3. The van der Waals surface area contributed by atoms with Crippen LogP contribution in [0.3, 0.4) is 0 Å². The number of methoxy groups -OCH3 is 1. The normalized spacial score (nSPS) is 22.9. The Balaban J connectivity index is 1.29. The number of halogens is 2. The van der Waals surface area contributed by atoms with E-state index in [4.69, 9.17) is 9.72 Å². The third-order valence-corrected chi connectivity index (χ3v) is 8.77. The Morgan fingerprint density at radius 2 is 2.07 bits per heavy atom. The van der Waals surface area contributed by atoms with E-state index in [9.17, 15) is 23.6 Å². The highest BCUT2D eigenvalue weighted by Crippen LogP contribution is 2.50. The first-order valence-electron chi connectivity index (χ1n) is 13.9. The number of nitriles is 1. The fraction of sp³-hybridized carbons (Fsp3) is 0.593. The smallest absolute Gasteiger partial charge is 0.318 e. The van der Waals surface area contributed by atoms with E-state index in [0.717, 1.165) is 12.8 Å². The van der Waals surface area contributed by atoms with Crippen LogP contribution in [0.4, 0.5) is 13.6 Å². The molecule has 13 nitrogen and oxygen atoms in total. The molecular weight excluding hydrogens is 552 g/mol. The number of alkyl halides is 2. The molecule has 1 saturated heterocycles. The molecule has 0 spiro atoms. The molecule has 3 aromatic rings. The summed E-state index contributed by atoms with van der Waals surface area (Å²) in [4.78, 5) is 32.4. The minimum atomic E-state index is -2.74. The predicted molar refractivity (Wildman–Crippen MR) is 140 cm³/mol. The fourth-order valence-corrected chi connectivity index (χ4v) is 6.05. The Bertz CT molecular complexity index is 1540. The fourth-order valence-electron chi connectivity index (χ4n) is 6.05. The summed E-state index contributed by atoms with van der Waals surface area (Å²) >= 11 is 0. The van der Waals surface area contributed by atoms with Gasteiger partial charge in [0.05, 0.1) is 54.3 Å². The average molecular weight is 584 g/mol. The summed E-state index contributed by atoms with van der Waals surface area (Å²) in [5.41, 5.74) is 1.40. The summed E-state index contributed by atoms with van der Waals surface area (Å²) in [5.74, 6) is -3.57. The van der Waals surface area contributed by atoms with Crippen molar-refractivity contribution in [2.24, 2.45) is 11.3 Å². The third-order valence-electron chi connectivity index (χ3n) is 8.77. The van der Waals surface area contributed by atoms with Gasteiger partial charge < -0.3 is 20.3 Å². The van der Waals surface area contributed by atoms with Gasteiger partial charge in [0, 0.05) is 32.1 Å². The van der Waals surface area contributed by atoms with E-state index in [1.807, 2.05) is 0 Å². The van der Waals surface area contributed by atoms with Crippen molar-refractivity contribution < 1.29 is 27.7 Å². The van der Waals surface area contributed by atoms with Crippen LogP contribution in [0, 0.1) is 29.6 Å². The van der Waals surface area contributed by atoms with Crippen LogP contribution in [0.1, 0.15) is 78.0 Å². The van der Waals surface area contributed by atoms with Gasteiger partial charge in [-0.1, -0.05) is 5.16 Å². The van der Waals surface area contributed by atoms with Gasteiger partial charge in [-0.25, -0.2) is 27.7 Å². The highest BCUT2D eigenvalue weighted by molar-refractivity contribution is 5.93. The first-order valence-corrected chi connectivity index (χ1v) is 13.9. The molecule has 2 aliphatic carbocycles. The monoisotopic (exact) mass is 583 g/mol. The van der Waals surface area contributed by atoms with E-state index < -0.39 is 29.3 Å². The summed E-state index contributed by atoms with van der Waals surface area (Å²) in [6, 6.07) is 2.44. The minimum absolute atomic E-state index is 0.0132. The molecule has 3 aromatic heterocycles. The predicted octanol–water partition coefficient (Wildman–Crippen LogP) is 3.10. The topological polar surface area (TPSA) is 164 Å². The lowest BCUT2D eigenvalue weighted by atomic mass is 9.81. The number of urea groups is 1. The average Bonchev–Trinajstić information content (AvgIpc) is 3.24. The maximum atomic E-state index is 14.0. The molecule has 3 aliphatic rings. The first kappa shape index (κ1) is 28.0. The van der Waals surface area contributed by atoms with Crippen LogP contribution in [0.2, 0.25) is 0 Å². The summed E-state index contributed by atoms with van der Waals surface area (Å²) in [6.07, 6.45) is 4.63. The van der Waals surface area contributed by atoms with E-state index in [1.54, 1.807) is 41.9 Å². The van der Waals surface area contributed by atoms with Gasteiger partial charge in [0.2, 0.25) is 5.92 Å². The van der Waals surface area contributed by atoms with Crippen molar-refractivity contribution in [1.82, 2.24) is 40.4 Å². The number of ether oxygens (including phenoxy) is 1. The summed E-state index contributed by atoms with van der Waals surface area (Å²) in [7, 11) is 1.54. The Morgan fingerprint density at radius 1 is 1.31 bits per heavy atom. The molecule has 2 saturated carbocycles. The molecule has 3 amide bonds. The lowest BCUT2D eigenvalue weighted by Crippen LogP contribution is -2.37. The summed E-state index contributed by atoms with van der Waals surface area (Å²) < 4.78 is 39.7. The number of aryl methyl sites for hydroxylation is 1. The van der Waals surface area contributed by atoms with Gasteiger partial charge >= 0.3 is 6.03 Å². The number of nitrogens with one attached hydrogen (secondary N) is 2. The molecule has 0 radical (unpaired) electrons. The largest absolute Gasteiger partial charge is 0.382 e. The number of carbonyl (C=O) groups is 2. The van der Waals surface area contributed by atoms with Crippen molar-refractivity contribution in [3.05, 3.63) is 41.1 Å². The third kappa shape index (κ3) is 5.15. The lowest BCUT2D eigenvalue weighted by molar-refractivity contribution is -0.0495. The molecule has 1 aliphatic heterocycles.